The Morgan fingerprint density at radius 3 is 2.59 bits per heavy atom. The Balaban J connectivity index is 2.45. The lowest BCUT2D eigenvalue weighted by Crippen LogP contribution is -2.65. The van der Waals surface area contributed by atoms with Gasteiger partial charge in [-0.3, -0.25) is 14.5 Å². The van der Waals surface area contributed by atoms with E-state index in [9.17, 15) is 9.59 Å². The second-order valence-electron chi connectivity index (χ2n) is 6.68. The van der Waals surface area contributed by atoms with Crippen molar-refractivity contribution in [1.82, 2.24) is 4.90 Å². The molecular weight excluding hydrogens is 278 g/mol. The van der Waals surface area contributed by atoms with E-state index in [1.165, 1.54) is 0 Å². The quantitative estimate of drug-likeness (QED) is 0.558. The van der Waals surface area contributed by atoms with Crippen LogP contribution in [0.5, 0.6) is 0 Å². The van der Waals surface area contributed by atoms with Crippen molar-refractivity contribution >= 4 is 11.8 Å². The van der Waals surface area contributed by atoms with Gasteiger partial charge in [0.25, 0.3) is 0 Å². The fourth-order valence-electron chi connectivity index (χ4n) is 4.79. The summed E-state index contributed by atoms with van der Waals surface area (Å²) in [6, 6.07) is 0.354. The van der Waals surface area contributed by atoms with Crippen LogP contribution in [0, 0.1) is 11.3 Å². The van der Waals surface area contributed by atoms with Crippen LogP contribution in [0.3, 0.4) is 0 Å². The minimum atomic E-state index is -0.933. The average molecular weight is 309 g/mol. The molecule has 4 heteroatoms. The summed E-state index contributed by atoms with van der Waals surface area (Å²) in [6.45, 7) is 9.40. The third-order valence-corrected chi connectivity index (χ3v) is 5.75. The van der Waals surface area contributed by atoms with Crippen molar-refractivity contribution in [1.29, 1.82) is 0 Å². The summed E-state index contributed by atoms with van der Waals surface area (Å²) in [4.78, 5) is 28.6. The second kappa shape index (κ2) is 7.12. The van der Waals surface area contributed by atoms with Gasteiger partial charge in [-0.05, 0) is 45.6 Å². The minimum Gasteiger partial charge on any atom is -0.465 e. The highest BCUT2D eigenvalue weighted by Gasteiger charge is 2.62. The lowest BCUT2D eigenvalue weighted by Gasteiger charge is -2.51. The first-order valence-corrected chi connectivity index (χ1v) is 9.05. The Labute approximate surface area is 134 Å². The van der Waals surface area contributed by atoms with Gasteiger partial charge in [0.2, 0.25) is 0 Å². The predicted molar refractivity (Wildman–Crippen MR) is 86.6 cm³/mol. The molecule has 2 unspecified atom stereocenters. The van der Waals surface area contributed by atoms with E-state index in [0.717, 1.165) is 38.6 Å². The molecule has 2 saturated heterocycles. The first-order valence-electron chi connectivity index (χ1n) is 9.05. The number of Topliss-reactive ketones (excluding diaryl/α,β-unsaturated/α-hetero) is 1. The van der Waals surface area contributed by atoms with Crippen LogP contribution in [0.2, 0.25) is 0 Å². The number of hydrogen-bond donors (Lipinski definition) is 0. The molecule has 2 heterocycles. The molecule has 0 aliphatic carbocycles. The van der Waals surface area contributed by atoms with Crippen LogP contribution in [0.4, 0.5) is 0 Å². The van der Waals surface area contributed by atoms with Gasteiger partial charge in [0, 0.05) is 18.0 Å². The average Bonchev–Trinajstić information content (AvgIpc) is 2.98. The molecule has 4 nitrogen and oxygen atoms in total. The van der Waals surface area contributed by atoms with E-state index in [0.29, 0.717) is 19.1 Å². The van der Waals surface area contributed by atoms with E-state index in [1.807, 2.05) is 13.8 Å². The number of carbonyl (C=O) groups is 2. The molecule has 4 atom stereocenters. The molecule has 2 aliphatic heterocycles. The van der Waals surface area contributed by atoms with Gasteiger partial charge in [0.05, 0.1) is 6.61 Å². The van der Waals surface area contributed by atoms with E-state index in [-0.39, 0.29) is 23.7 Å². The molecule has 2 rings (SSSR count). The smallest absolute Gasteiger partial charge is 0.321 e. The van der Waals surface area contributed by atoms with Crippen molar-refractivity contribution in [3.8, 4) is 0 Å². The molecular formula is C18H31NO3. The fourth-order valence-corrected chi connectivity index (χ4v) is 4.79. The van der Waals surface area contributed by atoms with Crippen molar-refractivity contribution in [3.63, 3.8) is 0 Å². The Morgan fingerprint density at radius 1 is 1.32 bits per heavy atom. The van der Waals surface area contributed by atoms with E-state index in [1.54, 1.807) is 0 Å². The van der Waals surface area contributed by atoms with Gasteiger partial charge in [-0.1, -0.05) is 27.2 Å². The third kappa shape index (κ3) is 2.49. The molecule has 0 bridgehead atoms. The molecule has 0 radical (unpaired) electrons. The highest BCUT2D eigenvalue weighted by molar-refractivity contribution is 6.06. The maximum atomic E-state index is 13.3. The van der Waals surface area contributed by atoms with Gasteiger partial charge in [0.1, 0.15) is 5.41 Å². The molecule has 0 amide bonds. The normalized spacial score (nSPS) is 35.5. The summed E-state index contributed by atoms with van der Waals surface area (Å²) in [7, 11) is 0. The fraction of sp³-hybridized carbons (Fsp3) is 0.889. The van der Waals surface area contributed by atoms with Crippen molar-refractivity contribution in [3.05, 3.63) is 0 Å². The molecule has 22 heavy (non-hydrogen) atoms. The van der Waals surface area contributed by atoms with Gasteiger partial charge < -0.3 is 4.74 Å². The van der Waals surface area contributed by atoms with Crippen LogP contribution in [0.15, 0.2) is 0 Å². The van der Waals surface area contributed by atoms with Crippen molar-refractivity contribution in [2.24, 2.45) is 11.3 Å². The monoisotopic (exact) mass is 309 g/mol. The van der Waals surface area contributed by atoms with Crippen LogP contribution in [0.1, 0.15) is 66.2 Å². The molecule has 2 fully saturated rings. The van der Waals surface area contributed by atoms with E-state index < -0.39 is 5.41 Å². The highest BCUT2D eigenvalue weighted by Crippen LogP contribution is 2.48. The van der Waals surface area contributed by atoms with Crippen LogP contribution in [-0.4, -0.2) is 41.9 Å². The summed E-state index contributed by atoms with van der Waals surface area (Å²) in [5.74, 6) is -0.163. The number of ketones is 1. The lowest BCUT2D eigenvalue weighted by atomic mass is 9.63. The highest BCUT2D eigenvalue weighted by atomic mass is 16.5. The van der Waals surface area contributed by atoms with Crippen LogP contribution >= 0.6 is 0 Å². The minimum absolute atomic E-state index is 0.0290. The van der Waals surface area contributed by atoms with Gasteiger partial charge in [-0.25, -0.2) is 0 Å². The van der Waals surface area contributed by atoms with Crippen molar-refractivity contribution in [2.75, 3.05) is 13.2 Å². The molecule has 0 saturated carbocycles. The van der Waals surface area contributed by atoms with Crippen LogP contribution < -0.4 is 0 Å². The zero-order chi connectivity index (χ0) is 16.3. The van der Waals surface area contributed by atoms with Gasteiger partial charge in [-0.2, -0.15) is 0 Å². The standard InChI is InChI=1S/C18H31NO3/c1-5-10-14-13(6-2)16(20)18(7-3,17(21)22-8-4)15-11-9-12-19(14)15/h13-15H,5-12H2,1-4H3/t13-,14-,15?,18?/m1/s1. The van der Waals surface area contributed by atoms with Gasteiger partial charge in [0.15, 0.2) is 5.78 Å². The summed E-state index contributed by atoms with van der Waals surface area (Å²) >= 11 is 0. The van der Waals surface area contributed by atoms with Crippen molar-refractivity contribution in [2.45, 2.75) is 78.3 Å². The number of carbonyl (C=O) groups excluding carboxylic acids is 2. The van der Waals surface area contributed by atoms with Gasteiger partial charge in [-0.15, -0.1) is 0 Å². The van der Waals surface area contributed by atoms with E-state index >= 15 is 0 Å². The largest absolute Gasteiger partial charge is 0.465 e. The Morgan fingerprint density at radius 2 is 2.05 bits per heavy atom. The molecule has 0 aromatic heterocycles. The molecule has 126 valence electrons. The topological polar surface area (TPSA) is 46.6 Å². The first kappa shape index (κ1) is 17.5. The summed E-state index contributed by atoms with van der Waals surface area (Å²) in [5.41, 5.74) is -0.933. The molecule has 0 spiro atoms. The third-order valence-electron chi connectivity index (χ3n) is 5.75. The number of piperidine rings is 1. The number of hydrogen-bond acceptors (Lipinski definition) is 4. The first-order chi connectivity index (χ1) is 10.6. The Kier molecular flexibility index (Phi) is 5.65. The Hall–Kier alpha value is -0.900. The number of rotatable bonds is 6. The molecule has 0 N–H and O–H groups in total. The summed E-state index contributed by atoms with van der Waals surface area (Å²) in [6.07, 6.45) is 5.51. The zero-order valence-electron chi connectivity index (χ0n) is 14.6. The summed E-state index contributed by atoms with van der Waals surface area (Å²) in [5, 5.41) is 0. The van der Waals surface area contributed by atoms with Crippen LogP contribution in [-0.2, 0) is 14.3 Å². The zero-order valence-corrected chi connectivity index (χ0v) is 14.6. The Bertz CT molecular complexity index is 423. The maximum absolute atomic E-state index is 13.3. The number of fused-ring (bicyclic) bond motifs is 1. The SMILES string of the molecule is CCC[C@@H]1[C@@H](CC)C(=O)C(CC)(C(=O)OCC)C2CCCN21. The molecule has 2 aliphatic rings. The van der Waals surface area contributed by atoms with E-state index in [2.05, 4.69) is 18.7 Å². The summed E-state index contributed by atoms with van der Waals surface area (Å²) < 4.78 is 5.36. The maximum Gasteiger partial charge on any atom is 0.321 e. The molecule has 0 aromatic carbocycles. The predicted octanol–water partition coefficient (Wildman–Crippen LogP) is 3.19. The number of ether oxygens (including phenoxy) is 1. The number of nitrogens with zero attached hydrogens (tertiary/aromatic N) is 1. The van der Waals surface area contributed by atoms with Crippen LogP contribution in [0.25, 0.3) is 0 Å². The van der Waals surface area contributed by atoms with Crippen molar-refractivity contribution < 1.29 is 14.3 Å². The number of esters is 1. The van der Waals surface area contributed by atoms with Gasteiger partial charge >= 0.3 is 5.97 Å². The molecule has 0 aromatic rings. The lowest BCUT2D eigenvalue weighted by molar-refractivity contribution is -0.174. The second-order valence-corrected chi connectivity index (χ2v) is 6.68. The van der Waals surface area contributed by atoms with E-state index in [4.69, 9.17) is 4.74 Å².